The minimum atomic E-state index is -4.44. The lowest BCUT2D eigenvalue weighted by atomic mass is 10.1. The van der Waals surface area contributed by atoms with Gasteiger partial charge in [-0.15, -0.1) is 0 Å². The molecule has 2 N–H and O–H groups in total. The Kier molecular flexibility index (Phi) is 3.33. The van der Waals surface area contributed by atoms with Gasteiger partial charge < -0.3 is 5.73 Å². The lowest BCUT2D eigenvalue weighted by Crippen LogP contribution is -2.13. The molecule has 1 aromatic carbocycles. The SMILES string of the molecule is NCCc1ccc(-n2cncn2)c(C(F)(F)F)c1. The summed E-state index contributed by atoms with van der Waals surface area (Å²) in [5.41, 5.74) is 5.12. The van der Waals surface area contributed by atoms with E-state index in [9.17, 15) is 13.2 Å². The van der Waals surface area contributed by atoms with Crippen LogP contribution in [0.15, 0.2) is 30.9 Å². The van der Waals surface area contributed by atoms with Crippen LogP contribution in [-0.4, -0.2) is 21.3 Å². The Morgan fingerprint density at radius 2 is 2.06 bits per heavy atom. The molecule has 0 fully saturated rings. The summed E-state index contributed by atoms with van der Waals surface area (Å²) in [6.45, 7) is 0.306. The Bertz CT molecular complexity index is 520. The van der Waals surface area contributed by atoms with Crippen LogP contribution >= 0.6 is 0 Å². The van der Waals surface area contributed by atoms with E-state index in [1.54, 1.807) is 6.07 Å². The van der Waals surface area contributed by atoms with Crippen molar-refractivity contribution >= 4 is 0 Å². The van der Waals surface area contributed by atoms with Crippen molar-refractivity contribution in [2.24, 2.45) is 5.73 Å². The third-order valence-corrected chi connectivity index (χ3v) is 2.46. The van der Waals surface area contributed by atoms with Gasteiger partial charge in [0.15, 0.2) is 0 Å². The molecule has 0 saturated heterocycles. The summed E-state index contributed by atoms with van der Waals surface area (Å²) >= 11 is 0. The maximum Gasteiger partial charge on any atom is 0.418 e. The number of halogens is 3. The highest BCUT2D eigenvalue weighted by atomic mass is 19.4. The summed E-state index contributed by atoms with van der Waals surface area (Å²) in [5.74, 6) is 0. The number of nitrogens with zero attached hydrogens (tertiary/aromatic N) is 3. The summed E-state index contributed by atoms with van der Waals surface area (Å²) in [7, 11) is 0. The Morgan fingerprint density at radius 3 is 2.61 bits per heavy atom. The molecule has 1 heterocycles. The zero-order valence-corrected chi connectivity index (χ0v) is 9.35. The third-order valence-electron chi connectivity index (χ3n) is 2.46. The number of benzene rings is 1. The maximum atomic E-state index is 13.0. The second-order valence-corrected chi connectivity index (χ2v) is 3.73. The molecule has 4 nitrogen and oxygen atoms in total. The molecule has 1 aromatic heterocycles. The first-order valence-corrected chi connectivity index (χ1v) is 5.27. The number of aromatic nitrogens is 3. The van der Waals surface area contributed by atoms with Crippen molar-refractivity contribution in [3.63, 3.8) is 0 Å². The van der Waals surface area contributed by atoms with Crippen molar-refractivity contribution in [1.29, 1.82) is 0 Å². The van der Waals surface area contributed by atoms with Crippen LogP contribution in [-0.2, 0) is 12.6 Å². The van der Waals surface area contributed by atoms with E-state index < -0.39 is 11.7 Å². The second-order valence-electron chi connectivity index (χ2n) is 3.73. The highest BCUT2D eigenvalue weighted by Gasteiger charge is 2.34. The van der Waals surface area contributed by atoms with E-state index in [0.29, 0.717) is 18.5 Å². The van der Waals surface area contributed by atoms with Crippen LogP contribution < -0.4 is 5.73 Å². The number of rotatable bonds is 3. The molecule has 2 rings (SSSR count). The molecular formula is C11H11F3N4. The van der Waals surface area contributed by atoms with E-state index in [1.807, 2.05) is 0 Å². The van der Waals surface area contributed by atoms with Crippen LogP contribution in [0.5, 0.6) is 0 Å². The molecule has 2 aromatic rings. The number of hydrogen-bond acceptors (Lipinski definition) is 3. The highest BCUT2D eigenvalue weighted by Crippen LogP contribution is 2.34. The predicted molar refractivity (Wildman–Crippen MR) is 59.1 cm³/mol. The molecule has 7 heteroatoms. The number of alkyl halides is 3. The number of hydrogen-bond donors (Lipinski definition) is 1. The zero-order valence-electron chi connectivity index (χ0n) is 9.35. The van der Waals surface area contributed by atoms with E-state index >= 15 is 0 Å². The first-order chi connectivity index (χ1) is 8.52. The van der Waals surface area contributed by atoms with Crippen molar-refractivity contribution in [3.05, 3.63) is 42.0 Å². The molecule has 0 unspecified atom stereocenters. The Labute approximate surface area is 101 Å². The van der Waals surface area contributed by atoms with Gasteiger partial charge in [0.1, 0.15) is 12.7 Å². The molecule has 0 bridgehead atoms. The topological polar surface area (TPSA) is 56.7 Å². The molecule has 0 radical (unpaired) electrons. The molecule has 0 spiro atoms. The van der Waals surface area contributed by atoms with Gasteiger partial charge in [0.05, 0.1) is 11.3 Å². The quantitative estimate of drug-likeness (QED) is 0.910. The molecule has 0 aliphatic carbocycles. The smallest absolute Gasteiger partial charge is 0.330 e. The molecule has 18 heavy (non-hydrogen) atoms. The van der Waals surface area contributed by atoms with Gasteiger partial charge in [0.2, 0.25) is 0 Å². The van der Waals surface area contributed by atoms with E-state index in [-0.39, 0.29) is 5.69 Å². The zero-order chi connectivity index (χ0) is 13.2. The first kappa shape index (κ1) is 12.6. The molecule has 0 atom stereocenters. The summed E-state index contributed by atoms with van der Waals surface area (Å²) in [5, 5.41) is 3.72. The largest absolute Gasteiger partial charge is 0.418 e. The van der Waals surface area contributed by atoms with Gasteiger partial charge >= 0.3 is 6.18 Å². The number of nitrogens with two attached hydrogens (primary N) is 1. The summed E-state index contributed by atoms with van der Waals surface area (Å²) in [6.07, 6.45) is -1.62. The van der Waals surface area contributed by atoms with Gasteiger partial charge in [-0.2, -0.15) is 18.3 Å². The van der Waals surface area contributed by atoms with Crippen LogP contribution in [0.3, 0.4) is 0 Å². The van der Waals surface area contributed by atoms with Crippen LogP contribution in [0.25, 0.3) is 5.69 Å². The Balaban J connectivity index is 2.53. The fraction of sp³-hybridized carbons (Fsp3) is 0.273. The normalized spacial score (nSPS) is 11.8. The van der Waals surface area contributed by atoms with E-state index in [1.165, 1.54) is 18.7 Å². The lowest BCUT2D eigenvalue weighted by Gasteiger charge is -2.14. The average molecular weight is 256 g/mol. The average Bonchev–Trinajstić information content (AvgIpc) is 2.81. The minimum absolute atomic E-state index is 0.0410. The van der Waals surface area contributed by atoms with Crippen molar-refractivity contribution in [3.8, 4) is 5.69 Å². The molecule has 96 valence electrons. The summed E-state index contributed by atoms with van der Waals surface area (Å²) in [6, 6.07) is 4.09. The first-order valence-electron chi connectivity index (χ1n) is 5.27. The fourth-order valence-corrected chi connectivity index (χ4v) is 1.66. The summed E-state index contributed by atoms with van der Waals surface area (Å²) in [4.78, 5) is 3.64. The van der Waals surface area contributed by atoms with Gasteiger partial charge in [-0.3, -0.25) is 0 Å². The van der Waals surface area contributed by atoms with Crippen molar-refractivity contribution in [2.45, 2.75) is 12.6 Å². The van der Waals surface area contributed by atoms with Crippen molar-refractivity contribution in [1.82, 2.24) is 14.8 Å². The van der Waals surface area contributed by atoms with Gasteiger partial charge in [-0.05, 0) is 30.7 Å². The molecule has 0 aliphatic rings. The summed E-state index contributed by atoms with van der Waals surface area (Å²) < 4.78 is 40.0. The standard InChI is InChI=1S/C11H11F3N4/c12-11(13,14)9-5-8(3-4-15)1-2-10(9)18-7-16-6-17-18/h1-2,5-7H,3-4,15H2. The third kappa shape index (κ3) is 2.51. The van der Waals surface area contributed by atoms with Crippen LogP contribution in [0.4, 0.5) is 13.2 Å². The molecule has 0 aliphatic heterocycles. The van der Waals surface area contributed by atoms with Gasteiger partial charge in [0, 0.05) is 0 Å². The van der Waals surface area contributed by atoms with Crippen LogP contribution in [0.2, 0.25) is 0 Å². The Morgan fingerprint density at radius 1 is 1.28 bits per heavy atom. The fourth-order valence-electron chi connectivity index (χ4n) is 1.66. The van der Waals surface area contributed by atoms with E-state index in [2.05, 4.69) is 10.1 Å². The maximum absolute atomic E-state index is 13.0. The van der Waals surface area contributed by atoms with E-state index in [0.717, 1.165) is 10.7 Å². The van der Waals surface area contributed by atoms with Gasteiger partial charge in [-0.25, -0.2) is 9.67 Å². The van der Waals surface area contributed by atoms with E-state index in [4.69, 9.17) is 5.73 Å². The molecular weight excluding hydrogens is 245 g/mol. The minimum Gasteiger partial charge on any atom is -0.330 e. The predicted octanol–water partition coefficient (Wildman–Crippen LogP) is 1.79. The van der Waals surface area contributed by atoms with Crippen molar-refractivity contribution < 1.29 is 13.2 Å². The molecule has 0 amide bonds. The highest BCUT2D eigenvalue weighted by molar-refractivity contribution is 5.44. The van der Waals surface area contributed by atoms with Crippen molar-refractivity contribution in [2.75, 3.05) is 6.54 Å². The van der Waals surface area contributed by atoms with Gasteiger partial charge in [-0.1, -0.05) is 6.07 Å². The second kappa shape index (κ2) is 4.77. The Hall–Kier alpha value is -1.89. The van der Waals surface area contributed by atoms with Crippen LogP contribution in [0.1, 0.15) is 11.1 Å². The lowest BCUT2D eigenvalue weighted by molar-refractivity contribution is -0.137. The van der Waals surface area contributed by atoms with Crippen LogP contribution in [0, 0.1) is 0 Å². The monoisotopic (exact) mass is 256 g/mol. The molecule has 0 saturated carbocycles. The van der Waals surface area contributed by atoms with Gasteiger partial charge in [0.25, 0.3) is 0 Å².